The summed E-state index contributed by atoms with van der Waals surface area (Å²) in [5.41, 5.74) is 1.16. The molecule has 0 saturated carbocycles. The SMILES string of the molecule is N#Cc1ccc(F)cc1COc1ccc(Br)cc1C#N. The first-order valence-corrected chi connectivity index (χ1v) is 6.44. The summed E-state index contributed by atoms with van der Waals surface area (Å²) < 4.78 is 19.5. The second-order valence-corrected chi connectivity index (χ2v) is 4.87. The minimum atomic E-state index is -0.432. The molecule has 0 aliphatic rings. The highest BCUT2D eigenvalue weighted by molar-refractivity contribution is 9.10. The third kappa shape index (κ3) is 3.14. The molecule has 0 fully saturated rings. The highest BCUT2D eigenvalue weighted by Crippen LogP contribution is 2.24. The lowest BCUT2D eigenvalue weighted by Crippen LogP contribution is -2.00. The number of benzene rings is 2. The van der Waals surface area contributed by atoms with E-state index in [1.165, 1.54) is 18.2 Å². The number of ether oxygens (including phenoxy) is 1. The van der Waals surface area contributed by atoms with Crippen molar-refractivity contribution in [3.05, 3.63) is 63.4 Å². The average molecular weight is 331 g/mol. The Morgan fingerprint density at radius 2 is 1.80 bits per heavy atom. The van der Waals surface area contributed by atoms with Crippen LogP contribution in [0.2, 0.25) is 0 Å². The molecule has 98 valence electrons. The van der Waals surface area contributed by atoms with E-state index in [2.05, 4.69) is 15.9 Å². The zero-order chi connectivity index (χ0) is 14.5. The van der Waals surface area contributed by atoms with E-state index in [1.54, 1.807) is 18.2 Å². The molecule has 0 spiro atoms. The minimum absolute atomic E-state index is 0.0248. The fraction of sp³-hybridized carbons (Fsp3) is 0.0667. The van der Waals surface area contributed by atoms with E-state index in [-0.39, 0.29) is 6.61 Å². The van der Waals surface area contributed by atoms with Gasteiger partial charge in [-0.25, -0.2) is 4.39 Å². The number of nitriles is 2. The summed E-state index contributed by atoms with van der Waals surface area (Å²) in [6.45, 7) is 0.0248. The van der Waals surface area contributed by atoms with Crippen LogP contribution in [0.15, 0.2) is 40.9 Å². The van der Waals surface area contributed by atoms with Crippen LogP contribution in [0.5, 0.6) is 5.75 Å². The van der Waals surface area contributed by atoms with Crippen LogP contribution < -0.4 is 4.74 Å². The van der Waals surface area contributed by atoms with Crippen molar-refractivity contribution in [3.63, 3.8) is 0 Å². The van der Waals surface area contributed by atoms with Gasteiger partial charge in [-0.1, -0.05) is 15.9 Å². The lowest BCUT2D eigenvalue weighted by Gasteiger charge is -2.09. The molecule has 0 atom stereocenters. The molecular formula is C15H8BrFN2O. The monoisotopic (exact) mass is 330 g/mol. The lowest BCUT2D eigenvalue weighted by atomic mass is 10.1. The van der Waals surface area contributed by atoms with Crippen LogP contribution in [0.3, 0.4) is 0 Å². The Labute approximate surface area is 124 Å². The van der Waals surface area contributed by atoms with E-state index in [4.69, 9.17) is 15.3 Å². The molecular weight excluding hydrogens is 323 g/mol. The molecule has 2 aromatic rings. The molecule has 0 heterocycles. The number of hydrogen-bond donors (Lipinski definition) is 0. The van der Waals surface area contributed by atoms with Gasteiger partial charge in [0.15, 0.2) is 0 Å². The quantitative estimate of drug-likeness (QED) is 0.857. The molecule has 2 rings (SSSR count). The number of hydrogen-bond acceptors (Lipinski definition) is 3. The third-order valence-electron chi connectivity index (χ3n) is 2.63. The van der Waals surface area contributed by atoms with Crippen LogP contribution in [0.1, 0.15) is 16.7 Å². The van der Waals surface area contributed by atoms with Crippen LogP contribution in [-0.4, -0.2) is 0 Å². The zero-order valence-corrected chi connectivity index (χ0v) is 11.8. The summed E-state index contributed by atoms with van der Waals surface area (Å²) in [6, 6.07) is 12.9. The van der Waals surface area contributed by atoms with Gasteiger partial charge in [-0.3, -0.25) is 0 Å². The van der Waals surface area contributed by atoms with E-state index in [0.29, 0.717) is 22.4 Å². The first kappa shape index (κ1) is 14.0. The Morgan fingerprint density at radius 1 is 1.05 bits per heavy atom. The van der Waals surface area contributed by atoms with Crippen molar-refractivity contribution in [1.82, 2.24) is 0 Å². The van der Waals surface area contributed by atoms with Gasteiger partial charge in [-0.2, -0.15) is 10.5 Å². The van der Waals surface area contributed by atoms with Gasteiger partial charge >= 0.3 is 0 Å². The Morgan fingerprint density at radius 3 is 2.50 bits per heavy atom. The number of nitrogens with zero attached hydrogens (tertiary/aromatic N) is 2. The van der Waals surface area contributed by atoms with Crippen molar-refractivity contribution in [2.45, 2.75) is 6.61 Å². The fourth-order valence-electron chi connectivity index (χ4n) is 1.66. The summed E-state index contributed by atoms with van der Waals surface area (Å²) in [5.74, 6) is -0.0391. The second-order valence-electron chi connectivity index (χ2n) is 3.95. The van der Waals surface area contributed by atoms with Crippen molar-refractivity contribution in [2.75, 3.05) is 0 Å². The molecule has 20 heavy (non-hydrogen) atoms. The molecule has 5 heteroatoms. The molecule has 2 aromatic carbocycles. The topological polar surface area (TPSA) is 56.8 Å². The summed E-state index contributed by atoms with van der Waals surface area (Å²) in [7, 11) is 0. The summed E-state index contributed by atoms with van der Waals surface area (Å²) >= 11 is 3.27. The van der Waals surface area contributed by atoms with Gasteiger partial charge in [0.25, 0.3) is 0 Å². The van der Waals surface area contributed by atoms with Gasteiger partial charge < -0.3 is 4.74 Å². The Kier molecular flexibility index (Phi) is 4.34. The molecule has 0 unspecified atom stereocenters. The van der Waals surface area contributed by atoms with Crippen molar-refractivity contribution < 1.29 is 9.13 Å². The van der Waals surface area contributed by atoms with E-state index < -0.39 is 5.82 Å². The van der Waals surface area contributed by atoms with E-state index >= 15 is 0 Å². The van der Waals surface area contributed by atoms with E-state index in [1.807, 2.05) is 12.1 Å². The van der Waals surface area contributed by atoms with Gasteiger partial charge in [0.2, 0.25) is 0 Å². The van der Waals surface area contributed by atoms with Crippen LogP contribution in [0.4, 0.5) is 4.39 Å². The van der Waals surface area contributed by atoms with Gasteiger partial charge in [0.1, 0.15) is 24.2 Å². The van der Waals surface area contributed by atoms with E-state index in [9.17, 15) is 4.39 Å². The summed E-state index contributed by atoms with van der Waals surface area (Å²) in [6.07, 6.45) is 0. The van der Waals surface area contributed by atoms with Crippen molar-refractivity contribution in [3.8, 4) is 17.9 Å². The Bertz CT molecular complexity index is 732. The molecule has 3 nitrogen and oxygen atoms in total. The minimum Gasteiger partial charge on any atom is -0.487 e. The highest BCUT2D eigenvalue weighted by Gasteiger charge is 2.08. The Hall–Kier alpha value is -2.37. The molecule has 0 aliphatic carbocycles. The maximum absolute atomic E-state index is 13.2. The molecule has 0 amide bonds. The number of halogens is 2. The molecule has 0 bridgehead atoms. The van der Waals surface area contributed by atoms with Crippen molar-refractivity contribution >= 4 is 15.9 Å². The van der Waals surface area contributed by atoms with Crippen LogP contribution in [0, 0.1) is 28.5 Å². The maximum Gasteiger partial charge on any atom is 0.137 e. The van der Waals surface area contributed by atoms with Crippen LogP contribution in [0.25, 0.3) is 0 Å². The van der Waals surface area contributed by atoms with Crippen molar-refractivity contribution in [2.24, 2.45) is 0 Å². The first-order chi connectivity index (χ1) is 9.63. The van der Waals surface area contributed by atoms with Gasteiger partial charge in [0, 0.05) is 10.0 Å². The van der Waals surface area contributed by atoms with Crippen LogP contribution >= 0.6 is 15.9 Å². The Balaban J connectivity index is 2.24. The standard InChI is InChI=1S/C15H8BrFN2O/c16-13-2-4-15(11(5-13)8-19)20-9-12-6-14(17)3-1-10(12)7-18/h1-6H,9H2. The van der Waals surface area contributed by atoms with Crippen molar-refractivity contribution in [1.29, 1.82) is 10.5 Å². The smallest absolute Gasteiger partial charge is 0.137 e. The second kappa shape index (κ2) is 6.18. The summed E-state index contributed by atoms with van der Waals surface area (Å²) in [4.78, 5) is 0. The molecule has 0 N–H and O–H groups in total. The third-order valence-corrected chi connectivity index (χ3v) is 3.13. The average Bonchev–Trinajstić information content (AvgIpc) is 2.46. The van der Waals surface area contributed by atoms with Gasteiger partial charge in [0.05, 0.1) is 17.2 Å². The lowest BCUT2D eigenvalue weighted by molar-refractivity contribution is 0.304. The van der Waals surface area contributed by atoms with Crippen LogP contribution in [-0.2, 0) is 6.61 Å². The molecule has 0 saturated heterocycles. The highest BCUT2D eigenvalue weighted by atomic mass is 79.9. The maximum atomic E-state index is 13.2. The first-order valence-electron chi connectivity index (χ1n) is 5.65. The van der Waals surface area contributed by atoms with E-state index in [0.717, 1.165) is 4.47 Å². The molecule has 0 aliphatic heterocycles. The van der Waals surface area contributed by atoms with Gasteiger partial charge in [-0.15, -0.1) is 0 Å². The number of rotatable bonds is 3. The normalized spacial score (nSPS) is 9.60. The van der Waals surface area contributed by atoms with Gasteiger partial charge in [-0.05, 0) is 36.4 Å². The predicted octanol–water partition coefficient (Wildman–Crippen LogP) is 3.91. The summed E-state index contributed by atoms with van der Waals surface area (Å²) in [5, 5.41) is 18.0. The fourth-order valence-corrected chi connectivity index (χ4v) is 2.02. The molecule has 0 radical (unpaired) electrons. The largest absolute Gasteiger partial charge is 0.487 e. The predicted molar refractivity (Wildman–Crippen MR) is 74.3 cm³/mol. The molecule has 0 aromatic heterocycles. The zero-order valence-electron chi connectivity index (χ0n) is 10.2.